The summed E-state index contributed by atoms with van der Waals surface area (Å²) < 4.78 is 25.4. The summed E-state index contributed by atoms with van der Waals surface area (Å²) in [4.78, 5) is 24.2. The second-order valence-corrected chi connectivity index (χ2v) is 5.52. The highest BCUT2D eigenvalue weighted by Gasteiger charge is 2.48. The van der Waals surface area contributed by atoms with Gasteiger partial charge in [-0.05, 0) is 19.3 Å². The van der Waals surface area contributed by atoms with Gasteiger partial charge in [0.05, 0.1) is 13.1 Å². The van der Waals surface area contributed by atoms with E-state index < -0.39 is 37.1 Å². The molecule has 0 bridgehead atoms. The highest BCUT2D eigenvalue weighted by Crippen LogP contribution is 2.27. The summed E-state index contributed by atoms with van der Waals surface area (Å²) in [6.45, 7) is -0.742. The van der Waals surface area contributed by atoms with Crippen LogP contribution in [-0.2, 0) is 9.59 Å². The van der Waals surface area contributed by atoms with Crippen molar-refractivity contribution in [1.29, 1.82) is 0 Å². The number of likely N-dealkylation sites (tertiary alicyclic amines) is 1. The molecule has 0 aliphatic carbocycles. The summed E-state index contributed by atoms with van der Waals surface area (Å²) in [7, 11) is 0. The van der Waals surface area contributed by atoms with Crippen LogP contribution in [0.2, 0.25) is 0 Å². The fraction of sp³-hybridized carbons (Fsp3) is 0.833. The van der Waals surface area contributed by atoms with E-state index in [-0.39, 0.29) is 18.2 Å². The van der Waals surface area contributed by atoms with Crippen molar-refractivity contribution in [1.82, 2.24) is 10.2 Å². The van der Waals surface area contributed by atoms with E-state index >= 15 is 0 Å². The first-order valence-corrected chi connectivity index (χ1v) is 6.68. The molecule has 0 radical (unpaired) electrons. The molecule has 114 valence electrons. The van der Waals surface area contributed by atoms with Gasteiger partial charge < -0.3 is 21.1 Å². The van der Waals surface area contributed by atoms with Gasteiger partial charge in [-0.2, -0.15) is 0 Å². The van der Waals surface area contributed by atoms with Crippen LogP contribution in [0.15, 0.2) is 0 Å². The molecule has 2 heterocycles. The van der Waals surface area contributed by atoms with Crippen molar-refractivity contribution in [3.05, 3.63) is 0 Å². The Morgan fingerprint density at radius 2 is 2.20 bits per heavy atom. The Balaban J connectivity index is 1.83. The molecule has 6 nitrogen and oxygen atoms in total. The number of aliphatic hydroxyl groups is 1. The van der Waals surface area contributed by atoms with Crippen molar-refractivity contribution >= 4 is 11.8 Å². The Labute approximate surface area is 115 Å². The summed E-state index contributed by atoms with van der Waals surface area (Å²) in [6, 6.07) is -0.925. The minimum Gasteiger partial charge on any atom is -0.382 e. The number of amides is 2. The van der Waals surface area contributed by atoms with Crippen molar-refractivity contribution in [2.24, 2.45) is 11.7 Å². The largest absolute Gasteiger partial charge is 0.382 e. The molecule has 8 heteroatoms. The minimum absolute atomic E-state index is 0.137. The van der Waals surface area contributed by atoms with Gasteiger partial charge in [0.15, 0.2) is 0 Å². The topological polar surface area (TPSA) is 95.7 Å². The van der Waals surface area contributed by atoms with Crippen LogP contribution in [0.1, 0.15) is 19.3 Å². The Kier molecular flexibility index (Phi) is 4.24. The number of hydrogen-bond donors (Lipinski definition) is 3. The molecule has 2 rings (SSSR count). The molecular weight excluding hydrogens is 272 g/mol. The lowest BCUT2D eigenvalue weighted by molar-refractivity contribution is -0.174. The number of nitrogens with one attached hydrogen (secondary N) is 1. The lowest BCUT2D eigenvalue weighted by Crippen LogP contribution is -2.62. The molecule has 2 aliphatic rings. The van der Waals surface area contributed by atoms with Crippen molar-refractivity contribution in [2.45, 2.75) is 37.3 Å². The molecule has 4 N–H and O–H groups in total. The molecule has 0 aromatic rings. The molecule has 2 fully saturated rings. The molecule has 2 aliphatic heterocycles. The second-order valence-electron chi connectivity index (χ2n) is 5.52. The lowest BCUT2D eigenvalue weighted by Gasteiger charge is -2.40. The third-order valence-electron chi connectivity index (χ3n) is 3.77. The van der Waals surface area contributed by atoms with Crippen LogP contribution in [0.4, 0.5) is 8.78 Å². The molecule has 0 aromatic carbocycles. The highest BCUT2D eigenvalue weighted by molar-refractivity contribution is 5.83. The first-order valence-electron chi connectivity index (χ1n) is 6.68. The maximum atomic E-state index is 12.7. The molecule has 1 unspecified atom stereocenters. The van der Waals surface area contributed by atoms with Crippen LogP contribution in [0.25, 0.3) is 0 Å². The Hall–Kier alpha value is -1.28. The van der Waals surface area contributed by atoms with Crippen LogP contribution in [-0.4, -0.2) is 59.5 Å². The number of carbonyl (C=O) groups excluding carboxylic acids is 2. The van der Waals surface area contributed by atoms with Gasteiger partial charge in [0.1, 0.15) is 6.10 Å². The quantitative estimate of drug-likeness (QED) is 0.623. The number of rotatable bonds is 4. The Morgan fingerprint density at radius 3 is 2.75 bits per heavy atom. The SMILES string of the molecule is N[C@@H](C[C@@H]1CCCNC1=O)C(O)C(=O)N1CC(F)(F)C1. The van der Waals surface area contributed by atoms with Gasteiger partial charge >= 0.3 is 0 Å². The van der Waals surface area contributed by atoms with Gasteiger partial charge in [0.2, 0.25) is 5.91 Å². The summed E-state index contributed by atoms with van der Waals surface area (Å²) in [6.07, 6.45) is 0.109. The molecule has 3 atom stereocenters. The van der Waals surface area contributed by atoms with Crippen LogP contribution in [0, 0.1) is 5.92 Å². The molecule has 2 saturated heterocycles. The highest BCUT2D eigenvalue weighted by atomic mass is 19.3. The number of alkyl halides is 2. The summed E-state index contributed by atoms with van der Waals surface area (Å²) in [5.41, 5.74) is 5.73. The van der Waals surface area contributed by atoms with Gasteiger partial charge in [-0.15, -0.1) is 0 Å². The molecule has 20 heavy (non-hydrogen) atoms. The van der Waals surface area contributed by atoms with Gasteiger partial charge in [-0.1, -0.05) is 0 Å². The van der Waals surface area contributed by atoms with Crippen LogP contribution < -0.4 is 11.1 Å². The Bertz CT molecular complexity index is 397. The first-order chi connectivity index (χ1) is 9.30. The van der Waals surface area contributed by atoms with Crippen LogP contribution in [0.3, 0.4) is 0 Å². The normalized spacial score (nSPS) is 28.3. The molecule has 2 amide bonds. The van der Waals surface area contributed by atoms with Crippen LogP contribution >= 0.6 is 0 Å². The Morgan fingerprint density at radius 1 is 1.55 bits per heavy atom. The lowest BCUT2D eigenvalue weighted by atomic mass is 9.89. The maximum Gasteiger partial charge on any atom is 0.282 e. The van der Waals surface area contributed by atoms with Gasteiger partial charge in [-0.3, -0.25) is 9.59 Å². The van der Waals surface area contributed by atoms with Crippen molar-refractivity contribution in [2.75, 3.05) is 19.6 Å². The standard InChI is InChI=1S/C12H19F2N3O3/c13-12(14)5-17(6-12)11(20)9(18)8(15)4-7-2-1-3-16-10(7)19/h7-9,18H,1-6,15H2,(H,16,19)/t7-,8-,9?/m0/s1. The predicted molar refractivity (Wildman–Crippen MR) is 65.9 cm³/mol. The minimum atomic E-state index is -2.87. The number of piperidine rings is 1. The molecular formula is C12H19F2N3O3. The van der Waals surface area contributed by atoms with Crippen LogP contribution in [0.5, 0.6) is 0 Å². The van der Waals surface area contributed by atoms with E-state index in [0.717, 1.165) is 11.3 Å². The third kappa shape index (κ3) is 3.24. The zero-order valence-electron chi connectivity index (χ0n) is 11.0. The first kappa shape index (κ1) is 15.1. The number of nitrogens with two attached hydrogens (primary N) is 1. The summed E-state index contributed by atoms with van der Waals surface area (Å²) in [5.74, 6) is -4.14. The van der Waals surface area contributed by atoms with E-state index in [0.29, 0.717) is 13.0 Å². The second kappa shape index (κ2) is 5.61. The maximum absolute atomic E-state index is 12.7. The number of nitrogens with zero attached hydrogens (tertiary/aromatic N) is 1. The van der Waals surface area contributed by atoms with E-state index in [9.17, 15) is 23.5 Å². The average Bonchev–Trinajstić information content (AvgIpc) is 2.36. The number of carbonyl (C=O) groups is 2. The fourth-order valence-corrected chi connectivity index (χ4v) is 2.56. The smallest absolute Gasteiger partial charge is 0.282 e. The van der Waals surface area contributed by atoms with Gasteiger partial charge in [0, 0.05) is 18.5 Å². The van der Waals surface area contributed by atoms with E-state index in [1.54, 1.807) is 0 Å². The van der Waals surface area contributed by atoms with E-state index in [1.165, 1.54) is 0 Å². The molecule has 0 spiro atoms. The summed E-state index contributed by atoms with van der Waals surface area (Å²) >= 11 is 0. The third-order valence-corrected chi connectivity index (χ3v) is 3.77. The fourth-order valence-electron chi connectivity index (χ4n) is 2.56. The predicted octanol–water partition coefficient (Wildman–Crippen LogP) is -0.932. The monoisotopic (exact) mass is 291 g/mol. The van der Waals surface area contributed by atoms with E-state index in [1.807, 2.05) is 0 Å². The molecule has 0 aromatic heterocycles. The number of halogens is 2. The van der Waals surface area contributed by atoms with Gasteiger partial charge in [-0.25, -0.2) is 8.78 Å². The van der Waals surface area contributed by atoms with Gasteiger partial charge in [0.25, 0.3) is 11.8 Å². The molecule has 0 saturated carbocycles. The average molecular weight is 291 g/mol. The summed E-state index contributed by atoms with van der Waals surface area (Å²) in [5, 5.41) is 12.5. The van der Waals surface area contributed by atoms with E-state index in [4.69, 9.17) is 5.73 Å². The zero-order chi connectivity index (χ0) is 14.9. The number of hydrogen-bond acceptors (Lipinski definition) is 4. The van der Waals surface area contributed by atoms with E-state index in [2.05, 4.69) is 5.32 Å². The van der Waals surface area contributed by atoms with Crippen molar-refractivity contribution in [3.8, 4) is 0 Å². The zero-order valence-corrected chi connectivity index (χ0v) is 11.0. The van der Waals surface area contributed by atoms with Crippen molar-refractivity contribution < 1.29 is 23.5 Å². The van der Waals surface area contributed by atoms with Crippen molar-refractivity contribution in [3.63, 3.8) is 0 Å². The number of aliphatic hydroxyl groups excluding tert-OH is 1.